The van der Waals surface area contributed by atoms with Crippen molar-refractivity contribution in [3.63, 3.8) is 0 Å². The van der Waals surface area contributed by atoms with E-state index in [-0.39, 0.29) is 11.9 Å². The lowest BCUT2D eigenvalue weighted by molar-refractivity contribution is -0.125. The molecular formula is C26H41N5O3S. The van der Waals surface area contributed by atoms with Crippen molar-refractivity contribution in [1.29, 1.82) is 0 Å². The fourth-order valence-corrected chi connectivity index (χ4v) is 5.91. The predicted octanol–water partition coefficient (Wildman–Crippen LogP) is 2.34. The summed E-state index contributed by atoms with van der Waals surface area (Å²) in [6.07, 6.45) is 7.24. The standard InChI is InChI=1S/C26H41N5O3S/c27-24(35)26(11-12-30(19-26)18-21-9-5-2-6-10-21)29-23(32)22(17-20-7-3-1-4-8-20)28-25(33)31-13-15-34-16-14-31/h2,5-6,9-10,20,22,24,35H,1,3-4,7-8,11-19,27H2,(H,28,33)(H,29,32)/t22-,24-,26-/m0/s1. The highest BCUT2D eigenvalue weighted by Gasteiger charge is 2.44. The highest BCUT2D eigenvalue weighted by molar-refractivity contribution is 7.81. The van der Waals surface area contributed by atoms with Crippen molar-refractivity contribution >= 4 is 24.6 Å². The van der Waals surface area contributed by atoms with E-state index in [1.165, 1.54) is 24.8 Å². The molecule has 0 radical (unpaired) electrons. The van der Waals surface area contributed by atoms with Gasteiger partial charge >= 0.3 is 6.03 Å². The Balaban J connectivity index is 1.43. The van der Waals surface area contributed by atoms with E-state index in [2.05, 4.69) is 40.3 Å². The number of morpholine rings is 1. The van der Waals surface area contributed by atoms with E-state index in [1.54, 1.807) is 4.90 Å². The third kappa shape index (κ3) is 7.12. The second-order valence-corrected chi connectivity index (χ2v) is 10.9. The SMILES string of the molecule is N[C@@H](S)[C@]1(NC(=O)[C@H](CC2CCCCC2)NC(=O)N2CCOCC2)CCN(Cc2ccccc2)C1. The maximum atomic E-state index is 13.7. The van der Waals surface area contributed by atoms with Crippen molar-refractivity contribution in [1.82, 2.24) is 20.4 Å². The molecule has 4 N–H and O–H groups in total. The predicted molar refractivity (Wildman–Crippen MR) is 140 cm³/mol. The number of thiol groups is 1. The molecule has 0 bridgehead atoms. The van der Waals surface area contributed by atoms with Gasteiger partial charge in [0.15, 0.2) is 0 Å². The van der Waals surface area contributed by atoms with Crippen molar-refractivity contribution in [3.05, 3.63) is 35.9 Å². The molecule has 3 amide bonds. The van der Waals surface area contributed by atoms with E-state index in [9.17, 15) is 9.59 Å². The highest BCUT2D eigenvalue weighted by atomic mass is 32.1. The summed E-state index contributed by atoms with van der Waals surface area (Å²) in [7, 11) is 0. The number of hydrogen-bond donors (Lipinski definition) is 4. The summed E-state index contributed by atoms with van der Waals surface area (Å²) in [5, 5.41) is 5.82. The van der Waals surface area contributed by atoms with Crippen molar-refractivity contribution < 1.29 is 14.3 Å². The summed E-state index contributed by atoms with van der Waals surface area (Å²) in [4.78, 5) is 30.7. The molecule has 2 aliphatic heterocycles. The highest BCUT2D eigenvalue weighted by Crippen LogP contribution is 2.30. The van der Waals surface area contributed by atoms with Crippen LogP contribution in [0.15, 0.2) is 30.3 Å². The molecule has 0 aromatic heterocycles. The van der Waals surface area contributed by atoms with Gasteiger partial charge in [-0.15, -0.1) is 0 Å². The lowest BCUT2D eigenvalue weighted by Gasteiger charge is -2.37. The number of hydrogen-bond acceptors (Lipinski definition) is 6. The lowest BCUT2D eigenvalue weighted by Crippen LogP contribution is -2.63. The van der Waals surface area contributed by atoms with E-state index in [1.807, 2.05) is 18.2 Å². The minimum absolute atomic E-state index is 0.150. The number of ether oxygens (including phenoxy) is 1. The minimum Gasteiger partial charge on any atom is -0.378 e. The summed E-state index contributed by atoms with van der Waals surface area (Å²) in [6, 6.07) is 9.54. The van der Waals surface area contributed by atoms with Crippen LogP contribution in [0.1, 0.15) is 50.5 Å². The van der Waals surface area contributed by atoms with E-state index >= 15 is 0 Å². The maximum Gasteiger partial charge on any atom is 0.318 e. The Morgan fingerprint density at radius 1 is 1.11 bits per heavy atom. The molecule has 0 unspecified atom stereocenters. The van der Waals surface area contributed by atoms with Gasteiger partial charge in [0.2, 0.25) is 5.91 Å². The summed E-state index contributed by atoms with van der Waals surface area (Å²) >= 11 is 4.60. The lowest BCUT2D eigenvalue weighted by atomic mass is 9.84. The number of urea groups is 1. The fourth-order valence-electron chi connectivity index (χ4n) is 5.64. The van der Waals surface area contributed by atoms with Crippen LogP contribution in [0, 0.1) is 5.92 Å². The molecular weight excluding hydrogens is 462 g/mol. The van der Waals surface area contributed by atoms with Gasteiger partial charge in [0, 0.05) is 32.7 Å². The number of carbonyl (C=O) groups is 2. The first-order valence-corrected chi connectivity index (χ1v) is 13.6. The van der Waals surface area contributed by atoms with E-state index in [0.717, 1.165) is 32.4 Å². The second-order valence-electron chi connectivity index (χ2n) is 10.4. The minimum atomic E-state index is -0.635. The summed E-state index contributed by atoms with van der Waals surface area (Å²) in [5.41, 5.74) is 6.95. The first kappa shape index (κ1) is 26.3. The Bertz CT molecular complexity index is 830. The van der Waals surface area contributed by atoms with Crippen molar-refractivity contribution in [2.75, 3.05) is 39.4 Å². The molecule has 1 saturated carbocycles. The number of nitrogens with zero attached hydrogens (tertiary/aromatic N) is 2. The van der Waals surface area contributed by atoms with Crippen molar-refractivity contribution in [2.24, 2.45) is 11.7 Å². The molecule has 1 aromatic rings. The van der Waals surface area contributed by atoms with Gasteiger partial charge in [-0.3, -0.25) is 9.69 Å². The molecule has 3 aliphatic rings. The molecule has 3 fully saturated rings. The van der Waals surface area contributed by atoms with Crippen LogP contribution in [0.2, 0.25) is 0 Å². The topological polar surface area (TPSA) is 99.9 Å². The normalized spacial score (nSPS) is 25.7. The van der Waals surface area contributed by atoms with Crippen LogP contribution < -0.4 is 16.4 Å². The Kier molecular flexibility index (Phi) is 9.33. The number of nitrogens with two attached hydrogens (primary N) is 1. The molecule has 3 atom stereocenters. The van der Waals surface area contributed by atoms with Crippen LogP contribution in [-0.4, -0.2) is 78.1 Å². The fraction of sp³-hybridized carbons (Fsp3) is 0.692. The Morgan fingerprint density at radius 2 is 1.83 bits per heavy atom. The monoisotopic (exact) mass is 503 g/mol. The molecule has 2 saturated heterocycles. The molecule has 35 heavy (non-hydrogen) atoms. The molecule has 1 aromatic carbocycles. The second kappa shape index (κ2) is 12.4. The number of amides is 3. The molecule has 8 nitrogen and oxygen atoms in total. The van der Waals surface area contributed by atoms with Gasteiger partial charge in [0.1, 0.15) is 6.04 Å². The molecule has 2 heterocycles. The Morgan fingerprint density at radius 3 is 2.51 bits per heavy atom. The van der Waals surface area contributed by atoms with Crippen LogP contribution in [0.25, 0.3) is 0 Å². The van der Waals surface area contributed by atoms with Crippen LogP contribution in [0.5, 0.6) is 0 Å². The van der Waals surface area contributed by atoms with Gasteiger partial charge in [0.05, 0.1) is 24.1 Å². The largest absolute Gasteiger partial charge is 0.378 e. The van der Waals surface area contributed by atoms with Crippen molar-refractivity contribution in [2.45, 2.75) is 68.4 Å². The van der Waals surface area contributed by atoms with Gasteiger partial charge in [-0.1, -0.05) is 62.4 Å². The number of benzene rings is 1. The number of rotatable bonds is 8. The first-order valence-electron chi connectivity index (χ1n) is 13.1. The number of carbonyl (C=O) groups excluding carboxylic acids is 2. The third-order valence-corrected chi connectivity index (χ3v) is 8.27. The molecule has 9 heteroatoms. The van der Waals surface area contributed by atoms with Gasteiger partial charge in [-0.05, 0) is 24.3 Å². The molecule has 4 rings (SSSR count). The smallest absolute Gasteiger partial charge is 0.318 e. The zero-order valence-corrected chi connectivity index (χ0v) is 21.6. The van der Waals surface area contributed by atoms with Crippen LogP contribution in [-0.2, 0) is 16.1 Å². The van der Waals surface area contributed by atoms with Crippen LogP contribution in [0.4, 0.5) is 4.79 Å². The quantitative estimate of drug-likeness (QED) is 0.322. The molecule has 0 spiro atoms. The maximum absolute atomic E-state index is 13.7. The summed E-state index contributed by atoms with van der Waals surface area (Å²) < 4.78 is 5.38. The van der Waals surface area contributed by atoms with E-state index < -0.39 is 17.0 Å². The zero-order chi connectivity index (χ0) is 24.7. The van der Waals surface area contributed by atoms with Gasteiger partial charge < -0.3 is 26.0 Å². The average Bonchev–Trinajstić information content (AvgIpc) is 3.29. The third-order valence-electron chi connectivity index (χ3n) is 7.77. The van der Waals surface area contributed by atoms with Crippen molar-refractivity contribution in [3.8, 4) is 0 Å². The Hall–Kier alpha value is -1.81. The first-order chi connectivity index (χ1) is 16.9. The van der Waals surface area contributed by atoms with Gasteiger partial charge in [-0.2, -0.15) is 12.6 Å². The number of likely N-dealkylation sites (tertiary alicyclic amines) is 1. The van der Waals surface area contributed by atoms with E-state index in [4.69, 9.17) is 10.5 Å². The van der Waals surface area contributed by atoms with E-state index in [0.29, 0.717) is 45.2 Å². The van der Waals surface area contributed by atoms with Crippen LogP contribution in [0.3, 0.4) is 0 Å². The Labute approximate surface area is 214 Å². The van der Waals surface area contributed by atoms with Crippen LogP contribution >= 0.6 is 12.6 Å². The summed E-state index contributed by atoms with van der Waals surface area (Å²) in [6.45, 7) is 4.41. The van der Waals surface area contributed by atoms with Gasteiger partial charge in [0.25, 0.3) is 0 Å². The van der Waals surface area contributed by atoms with Gasteiger partial charge in [-0.25, -0.2) is 4.79 Å². The number of nitrogens with one attached hydrogen (secondary N) is 2. The zero-order valence-electron chi connectivity index (χ0n) is 20.7. The molecule has 194 valence electrons. The summed E-state index contributed by atoms with van der Waals surface area (Å²) in [5.74, 6) is 0.298. The average molecular weight is 504 g/mol. The molecule has 1 aliphatic carbocycles.